The average Bonchev–Trinajstić information content (AvgIpc) is 2.59. The van der Waals surface area contributed by atoms with Crippen LogP contribution in [-0.4, -0.2) is 71.5 Å². The maximum absolute atomic E-state index is 12.7. The summed E-state index contributed by atoms with van der Waals surface area (Å²) in [5.41, 5.74) is 1.43. The van der Waals surface area contributed by atoms with Gasteiger partial charge in [0.2, 0.25) is 10.0 Å². The van der Waals surface area contributed by atoms with Gasteiger partial charge >= 0.3 is 0 Å². The van der Waals surface area contributed by atoms with Crippen molar-refractivity contribution in [1.29, 1.82) is 0 Å². The fourth-order valence-electron chi connectivity index (χ4n) is 3.24. The van der Waals surface area contributed by atoms with Crippen molar-refractivity contribution in [2.24, 2.45) is 0 Å². The van der Waals surface area contributed by atoms with Crippen LogP contribution in [-0.2, 0) is 14.8 Å². The van der Waals surface area contributed by atoms with E-state index in [1.807, 2.05) is 20.8 Å². The molecule has 0 bridgehead atoms. The van der Waals surface area contributed by atoms with Crippen molar-refractivity contribution < 1.29 is 23.0 Å². The smallest absolute Gasteiger partial charge is 0.279 e. The van der Waals surface area contributed by atoms with Gasteiger partial charge in [-0.05, 0) is 24.6 Å². The van der Waals surface area contributed by atoms with E-state index in [0.29, 0.717) is 25.3 Å². The van der Waals surface area contributed by atoms with Crippen LogP contribution in [0.4, 0.5) is 5.69 Å². The monoisotopic (exact) mass is 384 g/mol. The Labute approximate surface area is 157 Å². The molecule has 7 nitrogen and oxygen atoms in total. The first kappa shape index (κ1) is 20.8. The van der Waals surface area contributed by atoms with Gasteiger partial charge in [-0.2, -0.15) is 4.31 Å². The maximum atomic E-state index is 12.7. The number of sulfonamides is 1. The molecule has 2 rings (SSSR count). The molecule has 0 radical (unpaired) electrons. The van der Waals surface area contributed by atoms with E-state index in [-0.39, 0.29) is 10.8 Å². The van der Waals surface area contributed by atoms with Crippen molar-refractivity contribution in [1.82, 2.24) is 4.31 Å². The number of rotatable bonds is 7. The van der Waals surface area contributed by atoms with Crippen LogP contribution in [0.3, 0.4) is 0 Å². The zero-order valence-corrected chi connectivity index (χ0v) is 17.1. The summed E-state index contributed by atoms with van der Waals surface area (Å²) in [5, 5.41) is 2.91. The number of quaternary nitrogens is 2. The van der Waals surface area contributed by atoms with Crippen molar-refractivity contribution in [3.63, 3.8) is 0 Å². The number of amides is 1. The van der Waals surface area contributed by atoms with Gasteiger partial charge in [0.05, 0.1) is 11.9 Å². The minimum absolute atomic E-state index is 0.0694. The first-order valence-electron chi connectivity index (χ1n) is 9.33. The molecule has 0 atom stereocenters. The number of aryl methyl sites for hydroxylation is 1. The molecule has 1 aromatic rings. The average molecular weight is 385 g/mol. The summed E-state index contributed by atoms with van der Waals surface area (Å²) >= 11 is 0. The van der Waals surface area contributed by atoms with Gasteiger partial charge in [0.1, 0.15) is 26.2 Å². The Morgan fingerprint density at radius 2 is 1.77 bits per heavy atom. The molecule has 146 valence electrons. The number of carbonyl (C=O) groups excluding carboxylic acids is 1. The molecule has 1 aliphatic rings. The Morgan fingerprint density at radius 1 is 1.15 bits per heavy atom. The number of likely N-dealkylation sites (N-methyl/N-ethyl adjacent to an activating group) is 1. The Hall–Kier alpha value is -1.48. The number of nitrogens with zero attached hydrogens (tertiary/aromatic N) is 1. The normalized spacial score (nSPS) is 21.0. The van der Waals surface area contributed by atoms with Crippen molar-refractivity contribution >= 4 is 21.6 Å². The van der Waals surface area contributed by atoms with Crippen molar-refractivity contribution in [3.8, 4) is 0 Å². The molecule has 26 heavy (non-hydrogen) atoms. The molecule has 1 amide bonds. The maximum Gasteiger partial charge on any atom is 0.279 e. The van der Waals surface area contributed by atoms with E-state index in [9.17, 15) is 13.2 Å². The molecule has 3 N–H and O–H groups in total. The summed E-state index contributed by atoms with van der Waals surface area (Å²) in [6.07, 6.45) is 0. The van der Waals surface area contributed by atoms with E-state index in [1.54, 1.807) is 18.2 Å². The number of anilines is 1. The molecular formula is C18H32N4O3S+2. The van der Waals surface area contributed by atoms with Crippen molar-refractivity contribution in [3.05, 3.63) is 23.8 Å². The minimum atomic E-state index is -3.54. The van der Waals surface area contributed by atoms with Gasteiger partial charge in [0.15, 0.2) is 6.54 Å². The van der Waals surface area contributed by atoms with E-state index in [1.165, 1.54) is 14.1 Å². The van der Waals surface area contributed by atoms with Gasteiger partial charge in [-0.15, -0.1) is 0 Å². The highest BCUT2D eigenvalue weighted by Gasteiger charge is 2.24. The molecule has 0 aliphatic carbocycles. The number of hydrogen-bond acceptors (Lipinski definition) is 3. The molecular weight excluding hydrogens is 352 g/mol. The largest absolute Gasteiger partial charge is 0.328 e. The second kappa shape index (κ2) is 8.94. The van der Waals surface area contributed by atoms with Crippen LogP contribution in [0.1, 0.15) is 19.4 Å². The number of hydrogen-bond donors (Lipinski definition) is 3. The van der Waals surface area contributed by atoms with E-state index in [0.717, 1.165) is 31.7 Å². The summed E-state index contributed by atoms with van der Waals surface area (Å²) in [7, 11) is -1.37. The van der Waals surface area contributed by atoms with E-state index >= 15 is 0 Å². The molecule has 1 aliphatic heterocycles. The second-order valence-corrected chi connectivity index (χ2v) is 8.94. The van der Waals surface area contributed by atoms with Crippen LogP contribution in [0.25, 0.3) is 0 Å². The molecule has 1 heterocycles. The molecule has 1 saturated heterocycles. The zero-order valence-electron chi connectivity index (χ0n) is 16.3. The predicted octanol–water partition coefficient (Wildman–Crippen LogP) is -1.62. The van der Waals surface area contributed by atoms with E-state index in [4.69, 9.17) is 0 Å². The van der Waals surface area contributed by atoms with Gasteiger partial charge in [-0.1, -0.05) is 19.9 Å². The third-order valence-corrected chi connectivity index (χ3v) is 7.09. The highest BCUT2D eigenvalue weighted by molar-refractivity contribution is 7.89. The van der Waals surface area contributed by atoms with Gasteiger partial charge < -0.3 is 15.1 Å². The second-order valence-electron chi connectivity index (χ2n) is 7.00. The van der Waals surface area contributed by atoms with Crippen LogP contribution in [0.5, 0.6) is 0 Å². The van der Waals surface area contributed by atoms with Crippen LogP contribution in [0.2, 0.25) is 0 Å². The Morgan fingerprint density at radius 3 is 2.35 bits per heavy atom. The van der Waals surface area contributed by atoms with E-state index in [2.05, 4.69) is 12.4 Å². The lowest BCUT2D eigenvalue weighted by Crippen LogP contribution is -3.27. The standard InChI is InChI=1S/C18H30N4O3S/c1-5-22(6-2)26(24,25)16-8-7-15(3)17(13-16)19-18(23)14-21-11-9-20(4)10-12-21/h7-8,13H,5-6,9-12,14H2,1-4H3,(H,19,23)/p+2. The van der Waals surface area contributed by atoms with Gasteiger partial charge in [0.25, 0.3) is 5.91 Å². The predicted molar refractivity (Wildman–Crippen MR) is 102 cm³/mol. The van der Waals surface area contributed by atoms with Gasteiger partial charge in [-0.25, -0.2) is 8.42 Å². The van der Waals surface area contributed by atoms with Crippen LogP contribution in [0, 0.1) is 6.92 Å². The van der Waals surface area contributed by atoms with Gasteiger partial charge in [0, 0.05) is 18.8 Å². The molecule has 0 aromatic heterocycles. The third kappa shape index (κ3) is 5.03. The quantitative estimate of drug-likeness (QED) is 0.529. The van der Waals surface area contributed by atoms with Crippen molar-refractivity contribution in [2.45, 2.75) is 25.7 Å². The van der Waals surface area contributed by atoms with Crippen molar-refractivity contribution in [2.75, 3.05) is 58.2 Å². The summed E-state index contributed by atoms with van der Waals surface area (Å²) in [5.74, 6) is -0.0694. The van der Waals surface area contributed by atoms with Gasteiger partial charge in [-0.3, -0.25) is 4.79 Å². The topological polar surface area (TPSA) is 75.4 Å². The third-order valence-electron chi connectivity index (χ3n) is 5.05. The SMILES string of the molecule is CCN(CC)S(=O)(=O)c1ccc(C)c(NC(=O)C[NH+]2CC[NH+](C)CC2)c1. The van der Waals surface area contributed by atoms with Crippen LogP contribution in [0.15, 0.2) is 23.1 Å². The first-order chi connectivity index (χ1) is 12.3. The zero-order chi connectivity index (χ0) is 19.3. The molecule has 8 heteroatoms. The first-order valence-corrected chi connectivity index (χ1v) is 10.8. The Kier molecular flexibility index (Phi) is 7.16. The lowest BCUT2D eigenvalue weighted by Gasteiger charge is -2.26. The highest BCUT2D eigenvalue weighted by atomic mass is 32.2. The lowest BCUT2D eigenvalue weighted by atomic mass is 10.2. The summed E-state index contributed by atoms with van der Waals surface area (Å²) in [4.78, 5) is 15.4. The summed E-state index contributed by atoms with van der Waals surface area (Å²) in [6, 6.07) is 4.93. The molecule has 0 spiro atoms. The number of piperazine rings is 1. The molecule has 0 unspecified atom stereocenters. The lowest BCUT2D eigenvalue weighted by molar-refractivity contribution is -0.999. The summed E-state index contributed by atoms with van der Waals surface area (Å²) < 4.78 is 26.8. The fourth-order valence-corrected chi connectivity index (χ4v) is 4.72. The summed E-state index contributed by atoms with van der Waals surface area (Å²) in [6.45, 7) is 10.9. The Bertz CT molecular complexity index is 724. The highest BCUT2D eigenvalue weighted by Crippen LogP contribution is 2.22. The fraction of sp³-hybridized carbons (Fsp3) is 0.611. The van der Waals surface area contributed by atoms with Crippen LogP contribution >= 0.6 is 0 Å². The number of benzene rings is 1. The molecule has 0 saturated carbocycles. The number of carbonyl (C=O) groups is 1. The number of nitrogens with one attached hydrogen (secondary N) is 3. The molecule has 1 aromatic carbocycles. The minimum Gasteiger partial charge on any atom is -0.328 e. The molecule has 1 fully saturated rings. The van der Waals surface area contributed by atoms with Crippen LogP contribution < -0.4 is 15.1 Å². The Balaban J connectivity index is 2.11. The van der Waals surface area contributed by atoms with E-state index < -0.39 is 10.0 Å².